The molecule has 0 aliphatic rings. The van der Waals surface area contributed by atoms with Gasteiger partial charge in [0, 0.05) is 0 Å². The third-order valence-electron chi connectivity index (χ3n) is 2.34. The fourth-order valence-corrected chi connectivity index (χ4v) is 1.22. The van der Waals surface area contributed by atoms with Crippen molar-refractivity contribution < 1.29 is 29.3 Å². The van der Waals surface area contributed by atoms with Crippen molar-refractivity contribution in [1.29, 1.82) is 0 Å². The van der Waals surface area contributed by atoms with Crippen LogP contribution in [0.4, 0.5) is 0 Å². The highest BCUT2D eigenvalue weighted by atomic mass is 16.5. The third-order valence-corrected chi connectivity index (χ3v) is 2.34. The van der Waals surface area contributed by atoms with Gasteiger partial charge in [0.15, 0.2) is 0 Å². The summed E-state index contributed by atoms with van der Waals surface area (Å²) in [5.74, 6) is -5.46. The van der Waals surface area contributed by atoms with Gasteiger partial charge in [-0.2, -0.15) is 0 Å². The van der Waals surface area contributed by atoms with E-state index in [9.17, 15) is 14.4 Å². The van der Waals surface area contributed by atoms with Gasteiger partial charge in [0.2, 0.25) is 0 Å². The second-order valence-corrected chi connectivity index (χ2v) is 5.50. The van der Waals surface area contributed by atoms with Gasteiger partial charge in [-0.1, -0.05) is 27.7 Å². The van der Waals surface area contributed by atoms with Gasteiger partial charge in [0.25, 0.3) is 0 Å². The Kier molecular flexibility index (Phi) is 5.81. The average Bonchev–Trinajstić information content (AvgIpc) is 2.20. The molecule has 18 heavy (non-hydrogen) atoms. The van der Waals surface area contributed by atoms with Gasteiger partial charge >= 0.3 is 17.9 Å². The van der Waals surface area contributed by atoms with E-state index in [1.807, 2.05) is 20.8 Å². The molecule has 104 valence electrons. The lowest BCUT2D eigenvalue weighted by Crippen LogP contribution is -2.33. The maximum atomic E-state index is 11.7. The summed E-state index contributed by atoms with van der Waals surface area (Å²) in [4.78, 5) is 33.2. The minimum atomic E-state index is -1.22. The molecule has 0 aromatic carbocycles. The SMILES string of the molecule is CC(C(=O)O)C(CC(=O)O)C(=O)OCC(C)(C)C. The largest absolute Gasteiger partial charge is 0.481 e. The van der Waals surface area contributed by atoms with E-state index < -0.39 is 36.2 Å². The van der Waals surface area contributed by atoms with Crippen molar-refractivity contribution >= 4 is 17.9 Å². The second kappa shape index (κ2) is 6.37. The molecule has 6 heteroatoms. The zero-order valence-corrected chi connectivity index (χ0v) is 11.1. The number of aliphatic carboxylic acids is 2. The molecule has 0 amide bonds. The van der Waals surface area contributed by atoms with E-state index in [-0.39, 0.29) is 12.0 Å². The van der Waals surface area contributed by atoms with Gasteiger partial charge in [-0.3, -0.25) is 14.4 Å². The highest BCUT2D eigenvalue weighted by molar-refractivity contribution is 5.84. The fourth-order valence-electron chi connectivity index (χ4n) is 1.22. The van der Waals surface area contributed by atoms with Crippen LogP contribution in [0.1, 0.15) is 34.1 Å². The van der Waals surface area contributed by atoms with Gasteiger partial charge in [-0.15, -0.1) is 0 Å². The molecule has 0 aromatic rings. The maximum absolute atomic E-state index is 11.7. The number of carbonyl (C=O) groups is 3. The first-order valence-corrected chi connectivity index (χ1v) is 5.66. The Bertz CT molecular complexity index is 328. The van der Waals surface area contributed by atoms with E-state index in [0.29, 0.717) is 0 Å². The summed E-state index contributed by atoms with van der Waals surface area (Å²) in [6.45, 7) is 6.98. The van der Waals surface area contributed by atoms with Crippen LogP contribution in [0.2, 0.25) is 0 Å². The Labute approximate surface area is 106 Å². The Hall–Kier alpha value is -1.59. The van der Waals surface area contributed by atoms with Gasteiger partial charge in [-0.25, -0.2) is 0 Å². The molecule has 0 aliphatic heterocycles. The van der Waals surface area contributed by atoms with Crippen molar-refractivity contribution in [2.24, 2.45) is 17.3 Å². The summed E-state index contributed by atoms with van der Waals surface area (Å²) >= 11 is 0. The molecule has 0 saturated carbocycles. The number of hydrogen-bond donors (Lipinski definition) is 2. The standard InChI is InChI=1S/C12H20O6/c1-7(10(15)16)8(5-9(13)14)11(17)18-6-12(2,3)4/h7-8H,5-6H2,1-4H3,(H,13,14)(H,15,16). The molecule has 6 nitrogen and oxygen atoms in total. The molecule has 0 aromatic heterocycles. The molecule has 2 N–H and O–H groups in total. The molecule has 2 atom stereocenters. The van der Waals surface area contributed by atoms with Crippen molar-refractivity contribution in [1.82, 2.24) is 0 Å². The van der Waals surface area contributed by atoms with Gasteiger partial charge < -0.3 is 14.9 Å². The Morgan fingerprint density at radius 3 is 2.00 bits per heavy atom. The topological polar surface area (TPSA) is 101 Å². The second-order valence-electron chi connectivity index (χ2n) is 5.50. The number of ether oxygens (including phenoxy) is 1. The first kappa shape index (κ1) is 16.4. The Balaban J connectivity index is 4.70. The quantitative estimate of drug-likeness (QED) is 0.700. The molecular weight excluding hydrogens is 240 g/mol. The van der Waals surface area contributed by atoms with Crippen LogP contribution in [-0.4, -0.2) is 34.7 Å². The predicted molar refractivity (Wildman–Crippen MR) is 63.0 cm³/mol. The molecule has 0 fully saturated rings. The predicted octanol–water partition coefficient (Wildman–Crippen LogP) is 1.39. The molecule has 0 aliphatic carbocycles. The molecule has 0 rings (SSSR count). The molecule has 0 radical (unpaired) electrons. The zero-order chi connectivity index (χ0) is 14.5. The van der Waals surface area contributed by atoms with Crippen molar-refractivity contribution in [3.8, 4) is 0 Å². The Morgan fingerprint density at radius 1 is 1.17 bits per heavy atom. The highest BCUT2D eigenvalue weighted by Crippen LogP contribution is 2.20. The molecule has 0 saturated heterocycles. The van der Waals surface area contributed by atoms with E-state index >= 15 is 0 Å². The summed E-state index contributed by atoms with van der Waals surface area (Å²) in [5.41, 5.74) is -0.254. The lowest BCUT2D eigenvalue weighted by Gasteiger charge is -2.22. The van der Waals surface area contributed by atoms with Crippen LogP contribution in [-0.2, 0) is 19.1 Å². The monoisotopic (exact) mass is 260 g/mol. The smallest absolute Gasteiger partial charge is 0.310 e. The minimum absolute atomic E-state index is 0.119. The number of carboxylic acid groups (broad SMARTS) is 2. The third kappa shape index (κ3) is 6.22. The van der Waals surface area contributed by atoms with Crippen molar-refractivity contribution in [3.63, 3.8) is 0 Å². The van der Waals surface area contributed by atoms with Crippen LogP contribution in [0.15, 0.2) is 0 Å². The molecule has 0 heterocycles. The van der Waals surface area contributed by atoms with Crippen LogP contribution >= 0.6 is 0 Å². The summed E-state index contributed by atoms with van der Waals surface area (Å²) in [6.07, 6.45) is -0.545. The first-order valence-electron chi connectivity index (χ1n) is 5.66. The van der Waals surface area contributed by atoms with Crippen LogP contribution in [0.25, 0.3) is 0 Å². The molecular formula is C12H20O6. The molecule has 0 spiro atoms. The van der Waals surface area contributed by atoms with Gasteiger partial charge in [0.05, 0.1) is 24.9 Å². The number of rotatable bonds is 6. The van der Waals surface area contributed by atoms with Crippen LogP contribution in [0, 0.1) is 17.3 Å². The lowest BCUT2D eigenvalue weighted by molar-refractivity contribution is -0.162. The van der Waals surface area contributed by atoms with Gasteiger partial charge in [-0.05, 0) is 5.41 Å². The first-order chi connectivity index (χ1) is 8.04. The van der Waals surface area contributed by atoms with E-state index in [1.165, 1.54) is 6.92 Å². The van der Waals surface area contributed by atoms with E-state index in [4.69, 9.17) is 14.9 Å². The normalized spacial score (nSPS) is 14.7. The Morgan fingerprint density at radius 2 is 1.67 bits per heavy atom. The minimum Gasteiger partial charge on any atom is -0.481 e. The fraction of sp³-hybridized carbons (Fsp3) is 0.750. The molecule has 0 bridgehead atoms. The van der Waals surface area contributed by atoms with Crippen LogP contribution in [0.5, 0.6) is 0 Å². The lowest BCUT2D eigenvalue weighted by atomic mass is 9.91. The zero-order valence-electron chi connectivity index (χ0n) is 11.1. The summed E-state index contributed by atoms with van der Waals surface area (Å²) in [6, 6.07) is 0. The number of carboxylic acids is 2. The van der Waals surface area contributed by atoms with E-state index in [1.54, 1.807) is 0 Å². The van der Waals surface area contributed by atoms with Crippen molar-refractivity contribution in [2.75, 3.05) is 6.61 Å². The van der Waals surface area contributed by atoms with Crippen LogP contribution in [0.3, 0.4) is 0 Å². The van der Waals surface area contributed by atoms with E-state index in [0.717, 1.165) is 0 Å². The highest BCUT2D eigenvalue weighted by Gasteiger charge is 2.34. The summed E-state index contributed by atoms with van der Waals surface area (Å²) < 4.78 is 4.98. The maximum Gasteiger partial charge on any atom is 0.310 e. The number of hydrogen-bond acceptors (Lipinski definition) is 4. The molecule has 2 unspecified atom stereocenters. The van der Waals surface area contributed by atoms with Crippen molar-refractivity contribution in [2.45, 2.75) is 34.1 Å². The van der Waals surface area contributed by atoms with Gasteiger partial charge in [0.1, 0.15) is 0 Å². The summed E-state index contributed by atoms with van der Waals surface area (Å²) in [5, 5.41) is 17.5. The average molecular weight is 260 g/mol. The van der Waals surface area contributed by atoms with Crippen LogP contribution < -0.4 is 0 Å². The van der Waals surface area contributed by atoms with Crippen molar-refractivity contribution in [3.05, 3.63) is 0 Å². The van der Waals surface area contributed by atoms with E-state index in [2.05, 4.69) is 0 Å². The summed E-state index contributed by atoms with van der Waals surface area (Å²) in [7, 11) is 0. The number of esters is 1. The number of carbonyl (C=O) groups excluding carboxylic acids is 1.